The molecule has 0 atom stereocenters. The summed E-state index contributed by atoms with van der Waals surface area (Å²) in [7, 11) is -2.14. The first-order chi connectivity index (χ1) is 12.5. The number of sulfone groups is 1. The number of ether oxygens (including phenoxy) is 1. The van der Waals surface area contributed by atoms with E-state index in [1.807, 2.05) is 34.9 Å². The minimum atomic E-state index is -3.50. The Morgan fingerprint density at radius 1 is 1.08 bits per heavy atom. The van der Waals surface area contributed by atoms with Gasteiger partial charge >= 0.3 is 0 Å². The monoisotopic (exact) mass is 374 g/mol. The molecule has 0 bridgehead atoms. The summed E-state index contributed by atoms with van der Waals surface area (Å²) in [5.74, 6) is -0.495. The normalized spacial score (nSPS) is 11.5. The smallest absolute Gasteiger partial charge is 0.165 e. The summed E-state index contributed by atoms with van der Waals surface area (Å²) in [4.78, 5) is 4.17. The van der Waals surface area contributed by atoms with Crippen LogP contribution in [0.5, 0.6) is 5.75 Å². The highest BCUT2D eigenvalue weighted by molar-refractivity contribution is 7.89. The molecule has 0 saturated carbocycles. The van der Waals surface area contributed by atoms with Crippen molar-refractivity contribution in [3.63, 3.8) is 0 Å². The lowest BCUT2D eigenvalue weighted by Gasteiger charge is -2.10. The molecule has 0 spiro atoms. The molecule has 26 heavy (non-hydrogen) atoms. The van der Waals surface area contributed by atoms with Gasteiger partial charge in [-0.1, -0.05) is 36.4 Å². The Morgan fingerprint density at radius 2 is 1.85 bits per heavy atom. The predicted octanol–water partition coefficient (Wildman–Crippen LogP) is 3.19. The van der Waals surface area contributed by atoms with Crippen molar-refractivity contribution in [3.05, 3.63) is 83.7 Å². The molecule has 1 aromatic heterocycles. The number of rotatable bonds is 7. The van der Waals surface area contributed by atoms with Crippen LogP contribution in [0.15, 0.2) is 60.9 Å². The summed E-state index contributed by atoms with van der Waals surface area (Å²) in [6.45, 7) is 0.545. The number of hydrogen-bond donors (Lipinski definition) is 0. The molecule has 5 nitrogen and oxygen atoms in total. The number of methoxy groups -OCH3 is 1. The third-order valence-electron chi connectivity index (χ3n) is 3.95. The Bertz CT molecular complexity index is 985. The largest absolute Gasteiger partial charge is 0.494 e. The lowest BCUT2D eigenvalue weighted by atomic mass is 10.2. The fraction of sp³-hybridized carbons (Fsp3) is 0.211. The van der Waals surface area contributed by atoms with Gasteiger partial charge in [0.25, 0.3) is 0 Å². The number of aromatic nitrogens is 2. The topological polar surface area (TPSA) is 61.2 Å². The van der Waals surface area contributed by atoms with Crippen molar-refractivity contribution < 1.29 is 17.5 Å². The second-order valence-corrected chi connectivity index (χ2v) is 8.02. The van der Waals surface area contributed by atoms with Gasteiger partial charge in [0.1, 0.15) is 11.6 Å². The maximum atomic E-state index is 13.8. The van der Waals surface area contributed by atoms with E-state index in [2.05, 4.69) is 4.98 Å². The van der Waals surface area contributed by atoms with Gasteiger partial charge in [-0.05, 0) is 23.3 Å². The van der Waals surface area contributed by atoms with Crippen LogP contribution in [0, 0.1) is 5.82 Å². The molecule has 2 aromatic carbocycles. The summed E-state index contributed by atoms with van der Waals surface area (Å²) in [5, 5.41) is 0. The van der Waals surface area contributed by atoms with E-state index in [0.29, 0.717) is 17.9 Å². The molecule has 0 aliphatic carbocycles. The summed E-state index contributed by atoms with van der Waals surface area (Å²) in [6, 6.07) is 13.9. The Kier molecular flexibility index (Phi) is 5.37. The summed E-state index contributed by atoms with van der Waals surface area (Å²) >= 11 is 0. The van der Waals surface area contributed by atoms with Crippen LogP contribution in [0.3, 0.4) is 0 Å². The summed E-state index contributed by atoms with van der Waals surface area (Å²) in [6.07, 6.45) is 3.34. The molecule has 0 radical (unpaired) electrons. The van der Waals surface area contributed by atoms with Crippen LogP contribution in [0.1, 0.15) is 17.0 Å². The Morgan fingerprint density at radius 3 is 2.54 bits per heavy atom. The molecule has 7 heteroatoms. The molecule has 3 aromatic rings. The number of nitrogens with zero attached hydrogens (tertiary/aromatic N) is 2. The van der Waals surface area contributed by atoms with Crippen molar-refractivity contribution >= 4 is 9.84 Å². The Balaban J connectivity index is 1.74. The van der Waals surface area contributed by atoms with Crippen molar-refractivity contribution in [2.75, 3.05) is 7.11 Å². The third kappa shape index (κ3) is 4.49. The van der Waals surface area contributed by atoms with E-state index in [1.165, 1.54) is 19.2 Å². The van der Waals surface area contributed by atoms with Crippen LogP contribution >= 0.6 is 0 Å². The minimum Gasteiger partial charge on any atom is -0.494 e. The zero-order valence-corrected chi connectivity index (χ0v) is 15.1. The van der Waals surface area contributed by atoms with E-state index < -0.39 is 15.7 Å². The molecule has 0 N–H and O–H groups in total. The van der Waals surface area contributed by atoms with Crippen molar-refractivity contribution in [3.8, 4) is 5.75 Å². The molecule has 0 fully saturated rings. The van der Waals surface area contributed by atoms with E-state index in [1.54, 1.807) is 18.5 Å². The lowest BCUT2D eigenvalue weighted by Crippen LogP contribution is -2.13. The van der Waals surface area contributed by atoms with Crippen LogP contribution in [0.25, 0.3) is 0 Å². The van der Waals surface area contributed by atoms with Gasteiger partial charge in [0.2, 0.25) is 0 Å². The molecule has 0 aliphatic rings. The van der Waals surface area contributed by atoms with Crippen LogP contribution < -0.4 is 4.74 Å². The lowest BCUT2D eigenvalue weighted by molar-refractivity contribution is 0.386. The maximum Gasteiger partial charge on any atom is 0.165 e. The van der Waals surface area contributed by atoms with Gasteiger partial charge in [-0.3, -0.25) is 0 Å². The molecule has 3 rings (SSSR count). The first-order valence-electron chi connectivity index (χ1n) is 8.03. The van der Waals surface area contributed by atoms with Gasteiger partial charge in [-0.2, -0.15) is 0 Å². The highest BCUT2D eigenvalue weighted by Crippen LogP contribution is 2.20. The Labute approximate surface area is 152 Å². The van der Waals surface area contributed by atoms with Crippen LogP contribution in [0.4, 0.5) is 4.39 Å². The second kappa shape index (κ2) is 7.70. The molecule has 0 amide bonds. The highest BCUT2D eigenvalue weighted by atomic mass is 32.2. The fourth-order valence-corrected chi connectivity index (χ4v) is 4.13. The van der Waals surface area contributed by atoms with E-state index in [0.717, 1.165) is 5.56 Å². The van der Waals surface area contributed by atoms with Crippen LogP contribution in [-0.2, 0) is 27.9 Å². The van der Waals surface area contributed by atoms with E-state index in [9.17, 15) is 12.8 Å². The minimum absolute atomic E-state index is 0.0875. The fourth-order valence-electron chi connectivity index (χ4n) is 2.71. The highest BCUT2D eigenvalue weighted by Gasteiger charge is 2.18. The average molecular weight is 374 g/mol. The summed E-state index contributed by atoms with van der Waals surface area (Å²) in [5.41, 5.74) is 1.44. The number of benzene rings is 2. The van der Waals surface area contributed by atoms with Crippen LogP contribution in [0.2, 0.25) is 0 Å². The molecule has 136 valence electrons. The molecule has 0 saturated heterocycles. The zero-order chi connectivity index (χ0) is 18.6. The van der Waals surface area contributed by atoms with Gasteiger partial charge in [-0.15, -0.1) is 0 Å². The quantitative estimate of drug-likeness (QED) is 0.637. The summed E-state index contributed by atoms with van der Waals surface area (Å²) < 4.78 is 45.5. The predicted molar refractivity (Wildman–Crippen MR) is 97.1 cm³/mol. The molecular formula is C19H19FN2O3S. The second-order valence-electron chi connectivity index (χ2n) is 5.96. The number of halogens is 1. The van der Waals surface area contributed by atoms with E-state index in [4.69, 9.17) is 4.74 Å². The molecule has 0 aliphatic heterocycles. The van der Waals surface area contributed by atoms with Crippen molar-refractivity contribution in [1.29, 1.82) is 0 Å². The third-order valence-corrected chi connectivity index (χ3v) is 5.42. The van der Waals surface area contributed by atoms with Crippen molar-refractivity contribution in [2.45, 2.75) is 18.1 Å². The maximum absolute atomic E-state index is 13.8. The number of hydrogen-bond acceptors (Lipinski definition) is 4. The molecular weight excluding hydrogens is 355 g/mol. The standard InChI is InChI=1S/C19H19FN2O3S/c1-25-18-8-7-16(11-17(18)20)13-26(23,24)14-19-21-9-10-22(19)12-15-5-3-2-4-6-15/h2-11H,12-14H2,1H3. The van der Waals surface area contributed by atoms with Gasteiger partial charge in [0.05, 0.1) is 12.9 Å². The van der Waals surface area contributed by atoms with Gasteiger partial charge in [-0.25, -0.2) is 17.8 Å². The van der Waals surface area contributed by atoms with Crippen molar-refractivity contribution in [2.24, 2.45) is 0 Å². The number of imidazole rings is 1. The first-order valence-corrected chi connectivity index (χ1v) is 9.86. The molecule has 1 heterocycles. The average Bonchev–Trinajstić information content (AvgIpc) is 3.01. The van der Waals surface area contributed by atoms with Gasteiger partial charge in [0.15, 0.2) is 21.4 Å². The van der Waals surface area contributed by atoms with Gasteiger partial charge < -0.3 is 9.30 Å². The van der Waals surface area contributed by atoms with E-state index >= 15 is 0 Å². The zero-order valence-electron chi connectivity index (χ0n) is 14.3. The van der Waals surface area contributed by atoms with Crippen molar-refractivity contribution in [1.82, 2.24) is 9.55 Å². The van der Waals surface area contributed by atoms with E-state index in [-0.39, 0.29) is 17.3 Å². The Hall–Kier alpha value is -2.67. The van der Waals surface area contributed by atoms with Gasteiger partial charge in [0, 0.05) is 18.9 Å². The van der Waals surface area contributed by atoms with Crippen LogP contribution in [-0.4, -0.2) is 25.1 Å². The first kappa shape index (κ1) is 18.1. The SMILES string of the molecule is COc1ccc(CS(=O)(=O)Cc2nccn2Cc2ccccc2)cc1F. The molecule has 0 unspecified atom stereocenters.